The highest BCUT2D eigenvalue weighted by molar-refractivity contribution is 5.80. The minimum atomic E-state index is -4.36. The molecule has 1 aliphatic rings. The molecule has 1 aliphatic heterocycles. The van der Waals surface area contributed by atoms with Crippen LogP contribution in [0, 0.1) is 5.92 Å². The van der Waals surface area contributed by atoms with E-state index in [2.05, 4.69) is 0 Å². The summed E-state index contributed by atoms with van der Waals surface area (Å²) in [5, 5.41) is 0. The molecule has 1 heterocycles. The van der Waals surface area contributed by atoms with Crippen molar-refractivity contribution < 1.29 is 22.8 Å². The first-order valence-electron chi connectivity index (χ1n) is 8.83. The first-order valence-corrected chi connectivity index (χ1v) is 8.83. The van der Waals surface area contributed by atoms with Crippen molar-refractivity contribution in [1.82, 2.24) is 9.80 Å². The number of halogens is 3. The Morgan fingerprint density at radius 2 is 1.46 bits per heavy atom. The van der Waals surface area contributed by atoms with Crippen LogP contribution < -0.4 is 0 Å². The number of carbonyl (C=O) groups excluding carboxylic acids is 2. The van der Waals surface area contributed by atoms with Crippen molar-refractivity contribution in [3.8, 4) is 0 Å². The van der Waals surface area contributed by atoms with Crippen LogP contribution >= 0.6 is 0 Å². The fraction of sp³-hybridized carbons (Fsp3) is 0.579. The Labute approximate surface area is 152 Å². The third kappa shape index (κ3) is 4.99. The molecule has 2 rings (SSSR count). The van der Waals surface area contributed by atoms with Crippen LogP contribution in [-0.4, -0.2) is 47.8 Å². The van der Waals surface area contributed by atoms with E-state index < -0.39 is 11.7 Å². The molecule has 4 nitrogen and oxygen atoms in total. The zero-order valence-electron chi connectivity index (χ0n) is 15.3. The van der Waals surface area contributed by atoms with Crippen LogP contribution in [0.5, 0.6) is 0 Å². The SMILES string of the molecule is CC(C)C(=O)N1CCN(C(=O)CC(C)c2ccc(C(F)(F)F)cc2)CC1. The van der Waals surface area contributed by atoms with Gasteiger partial charge in [0.05, 0.1) is 5.56 Å². The Morgan fingerprint density at radius 3 is 1.92 bits per heavy atom. The Morgan fingerprint density at radius 1 is 0.962 bits per heavy atom. The van der Waals surface area contributed by atoms with Gasteiger partial charge in [-0.1, -0.05) is 32.9 Å². The van der Waals surface area contributed by atoms with Gasteiger partial charge in [-0.05, 0) is 23.6 Å². The van der Waals surface area contributed by atoms with Gasteiger partial charge < -0.3 is 9.80 Å². The van der Waals surface area contributed by atoms with Crippen LogP contribution in [0.2, 0.25) is 0 Å². The number of carbonyl (C=O) groups is 2. The minimum Gasteiger partial charge on any atom is -0.339 e. The Bertz CT molecular complexity index is 633. The lowest BCUT2D eigenvalue weighted by Crippen LogP contribution is -2.51. The third-order valence-electron chi connectivity index (χ3n) is 4.73. The molecule has 1 atom stereocenters. The normalized spacial score (nSPS) is 16.7. The first-order chi connectivity index (χ1) is 12.1. The predicted molar refractivity (Wildman–Crippen MR) is 92.5 cm³/mol. The summed E-state index contributed by atoms with van der Waals surface area (Å²) < 4.78 is 37.9. The van der Waals surface area contributed by atoms with Gasteiger partial charge in [0.25, 0.3) is 0 Å². The Kier molecular flexibility index (Phi) is 6.31. The molecule has 2 amide bonds. The fourth-order valence-electron chi connectivity index (χ4n) is 3.05. The second-order valence-corrected chi connectivity index (χ2v) is 7.09. The number of nitrogens with zero attached hydrogens (tertiary/aromatic N) is 2. The van der Waals surface area contributed by atoms with E-state index in [1.165, 1.54) is 12.1 Å². The van der Waals surface area contributed by atoms with Gasteiger partial charge in [-0.25, -0.2) is 0 Å². The number of benzene rings is 1. The zero-order valence-corrected chi connectivity index (χ0v) is 15.3. The summed E-state index contributed by atoms with van der Waals surface area (Å²) in [6.07, 6.45) is -4.12. The van der Waals surface area contributed by atoms with Crippen molar-refractivity contribution in [3.63, 3.8) is 0 Å². The molecule has 1 unspecified atom stereocenters. The topological polar surface area (TPSA) is 40.6 Å². The van der Waals surface area contributed by atoms with Crippen LogP contribution in [0.4, 0.5) is 13.2 Å². The number of rotatable bonds is 4. The summed E-state index contributed by atoms with van der Waals surface area (Å²) in [5.74, 6) is -0.165. The lowest BCUT2D eigenvalue weighted by atomic mass is 9.96. The van der Waals surface area contributed by atoms with Gasteiger partial charge in [0.15, 0.2) is 0 Å². The van der Waals surface area contributed by atoms with Gasteiger partial charge in [-0.3, -0.25) is 9.59 Å². The molecule has 0 spiro atoms. The summed E-state index contributed by atoms with van der Waals surface area (Å²) in [4.78, 5) is 27.9. The summed E-state index contributed by atoms with van der Waals surface area (Å²) in [6.45, 7) is 7.58. The van der Waals surface area contributed by atoms with Crippen LogP contribution in [0.3, 0.4) is 0 Å². The highest BCUT2D eigenvalue weighted by Crippen LogP contribution is 2.30. The fourth-order valence-corrected chi connectivity index (χ4v) is 3.05. The second-order valence-electron chi connectivity index (χ2n) is 7.09. The molecule has 26 heavy (non-hydrogen) atoms. The van der Waals surface area contributed by atoms with Crippen molar-refractivity contribution in [2.75, 3.05) is 26.2 Å². The maximum absolute atomic E-state index is 12.6. The molecule has 0 aromatic heterocycles. The van der Waals surface area contributed by atoms with Gasteiger partial charge in [0.1, 0.15) is 0 Å². The summed E-state index contributed by atoms with van der Waals surface area (Å²) in [7, 11) is 0. The lowest BCUT2D eigenvalue weighted by molar-refractivity contribution is -0.141. The van der Waals surface area contributed by atoms with Crippen molar-refractivity contribution in [2.45, 2.75) is 39.3 Å². The molecule has 1 fully saturated rings. The van der Waals surface area contributed by atoms with Gasteiger partial charge in [-0.15, -0.1) is 0 Å². The monoisotopic (exact) mass is 370 g/mol. The molecular weight excluding hydrogens is 345 g/mol. The standard InChI is InChI=1S/C19H25F3N2O2/c1-13(2)18(26)24-10-8-23(9-11-24)17(25)12-14(3)15-4-6-16(7-5-15)19(20,21)22/h4-7,13-14H,8-12H2,1-3H3. The van der Waals surface area contributed by atoms with E-state index in [1.807, 2.05) is 20.8 Å². The predicted octanol–water partition coefficient (Wildman–Crippen LogP) is 3.53. The molecule has 1 aromatic carbocycles. The number of hydrogen-bond donors (Lipinski definition) is 0. The van der Waals surface area contributed by atoms with Gasteiger partial charge in [-0.2, -0.15) is 13.2 Å². The van der Waals surface area contributed by atoms with Gasteiger partial charge in [0.2, 0.25) is 11.8 Å². The third-order valence-corrected chi connectivity index (χ3v) is 4.73. The van der Waals surface area contributed by atoms with E-state index in [0.717, 1.165) is 12.1 Å². The zero-order chi connectivity index (χ0) is 19.5. The lowest BCUT2D eigenvalue weighted by Gasteiger charge is -2.36. The number of amides is 2. The number of piperazine rings is 1. The van der Waals surface area contributed by atoms with E-state index in [1.54, 1.807) is 9.80 Å². The molecule has 7 heteroatoms. The van der Waals surface area contributed by atoms with E-state index in [0.29, 0.717) is 31.7 Å². The summed E-state index contributed by atoms with van der Waals surface area (Å²) >= 11 is 0. The van der Waals surface area contributed by atoms with E-state index in [9.17, 15) is 22.8 Å². The summed E-state index contributed by atoms with van der Waals surface area (Å²) in [6, 6.07) is 4.96. The van der Waals surface area contributed by atoms with Crippen LogP contribution in [-0.2, 0) is 15.8 Å². The van der Waals surface area contributed by atoms with Crippen molar-refractivity contribution in [3.05, 3.63) is 35.4 Å². The Hall–Kier alpha value is -2.05. The molecule has 144 valence electrons. The second kappa shape index (κ2) is 8.10. The molecular formula is C19H25F3N2O2. The highest BCUT2D eigenvalue weighted by Gasteiger charge is 2.30. The van der Waals surface area contributed by atoms with Crippen LogP contribution in [0.15, 0.2) is 24.3 Å². The smallest absolute Gasteiger partial charge is 0.339 e. The molecule has 0 N–H and O–H groups in total. The van der Waals surface area contributed by atoms with Crippen LogP contribution in [0.25, 0.3) is 0 Å². The largest absolute Gasteiger partial charge is 0.416 e. The van der Waals surface area contributed by atoms with Crippen molar-refractivity contribution in [1.29, 1.82) is 0 Å². The molecule has 0 bridgehead atoms. The summed E-state index contributed by atoms with van der Waals surface area (Å²) in [5.41, 5.74) is 0.0192. The maximum Gasteiger partial charge on any atom is 0.416 e. The van der Waals surface area contributed by atoms with E-state index >= 15 is 0 Å². The van der Waals surface area contributed by atoms with Crippen molar-refractivity contribution in [2.24, 2.45) is 5.92 Å². The highest BCUT2D eigenvalue weighted by atomic mass is 19.4. The van der Waals surface area contributed by atoms with E-state index in [4.69, 9.17) is 0 Å². The molecule has 0 saturated carbocycles. The van der Waals surface area contributed by atoms with Gasteiger partial charge >= 0.3 is 6.18 Å². The average molecular weight is 370 g/mol. The van der Waals surface area contributed by atoms with Crippen molar-refractivity contribution >= 4 is 11.8 Å². The molecule has 1 saturated heterocycles. The first kappa shape index (κ1) is 20.3. The van der Waals surface area contributed by atoms with Crippen LogP contribution in [0.1, 0.15) is 44.2 Å². The van der Waals surface area contributed by atoms with E-state index in [-0.39, 0.29) is 30.1 Å². The molecule has 0 radical (unpaired) electrons. The molecule has 0 aliphatic carbocycles. The minimum absolute atomic E-state index is 0.0333. The van der Waals surface area contributed by atoms with Gasteiger partial charge in [0, 0.05) is 38.5 Å². The Balaban J connectivity index is 1.89. The number of alkyl halides is 3. The maximum atomic E-state index is 12.6. The molecule has 1 aromatic rings. The quantitative estimate of drug-likeness (QED) is 0.814. The number of hydrogen-bond acceptors (Lipinski definition) is 2. The average Bonchev–Trinajstić information content (AvgIpc) is 2.60.